The summed E-state index contributed by atoms with van der Waals surface area (Å²) in [4.78, 5) is 2.50. The van der Waals surface area contributed by atoms with E-state index in [4.69, 9.17) is 4.74 Å². The van der Waals surface area contributed by atoms with Crippen LogP contribution in [-0.4, -0.2) is 68.2 Å². The SMILES string of the molecule is COc1cc(C)c(C)cc1S(=O)(=O)N1CCC(O)(CN2CCCC2)CC1. The van der Waals surface area contributed by atoms with Gasteiger partial charge >= 0.3 is 0 Å². The monoisotopic (exact) mass is 382 g/mol. The highest BCUT2D eigenvalue weighted by Crippen LogP contribution is 2.33. The van der Waals surface area contributed by atoms with Gasteiger partial charge in [-0.2, -0.15) is 4.31 Å². The number of sulfonamides is 1. The number of methoxy groups -OCH3 is 1. The molecule has 6 nitrogen and oxygen atoms in total. The van der Waals surface area contributed by atoms with E-state index >= 15 is 0 Å². The molecule has 0 unspecified atom stereocenters. The Kier molecular flexibility index (Phi) is 5.63. The molecule has 0 aliphatic carbocycles. The Morgan fingerprint density at radius 1 is 1.08 bits per heavy atom. The van der Waals surface area contributed by atoms with Crippen LogP contribution in [0.15, 0.2) is 17.0 Å². The molecule has 2 fully saturated rings. The first-order valence-electron chi connectivity index (χ1n) is 9.35. The van der Waals surface area contributed by atoms with Gasteiger partial charge in [0.05, 0.1) is 12.7 Å². The summed E-state index contributed by atoms with van der Waals surface area (Å²) in [5.41, 5.74) is 1.13. The molecule has 0 atom stereocenters. The van der Waals surface area contributed by atoms with Crippen LogP contribution in [0.4, 0.5) is 0 Å². The number of piperidine rings is 1. The van der Waals surface area contributed by atoms with E-state index < -0.39 is 15.6 Å². The number of β-amino-alcohol motifs (C(OH)–C–C–N with tert-alkyl or cyclic N) is 1. The Hall–Kier alpha value is -1.15. The zero-order chi connectivity index (χ0) is 18.9. The van der Waals surface area contributed by atoms with Gasteiger partial charge < -0.3 is 14.7 Å². The molecule has 1 N–H and O–H groups in total. The van der Waals surface area contributed by atoms with Crippen molar-refractivity contribution in [2.24, 2.45) is 0 Å². The molecule has 2 heterocycles. The topological polar surface area (TPSA) is 70.1 Å². The summed E-state index contributed by atoms with van der Waals surface area (Å²) in [5.74, 6) is 0.381. The smallest absolute Gasteiger partial charge is 0.246 e. The van der Waals surface area contributed by atoms with Crippen molar-refractivity contribution < 1.29 is 18.3 Å². The lowest BCUT2D eigenvalue weighted by molar-refractivity contribution is -0.0284. The summed E-state index contributed by atoms with van der Waals surface area (Å²) in [5, 5.41) is 10.9. The molecule has 2 aliphatic rings. The molecule has 146 valence electrons. The van der Waals surface area contributed by atoms with Crippen LogP contribution in [0.2, 0.25) is 0 Å². The first kappa shape index (κ1) is 19.6. The van der Waals surface area contributed by atoms with Crippen molar-refractivity contribution in [3.8, 4) is 5.75 Å². The second-order valence-corrected chi connectivity index (χ2v) is 9.61. The number of likely N-dealkylation sites (tertiary alicyclic amines) is 1. The Bertz CT molecular complexity index is 749. The van der Waals surface area contributed by atoms with Gasteiger partial charge in [-0.3, -0.25) is 0 Å². The predicted octanol–water partition coefficient (Wildman–Crippen LogP) is 1.92. The van der Waals surface area contributed by atoms with Gasteiger partial charge in [0, 0.05) is 19.6 Å². The Balaban J connectivity index is 1.75. The standard InChI is InChI=1S/C19H30N2O4S/c1-15-12-17(25-3)18(13-16(15)2)26(23,24)21-10-6-19(22,7-11-21)14-20-8-4-5-9-20/h12-13,22H,4-11,14H2,1-3H3. The largest absolute Gasteiger partial charge is 0.495 e. The zero-order valence-corrected chi connectivity index (χ0v) is 16.8. The number of aliphatic hydroxyl groups is 1. The third-order valence-electron chi connectivity index (χ3n) is 5.77. The number of rotatable bonds is 5. The Labute approximate surface area is 156 Å². The van der Waals surface area contributed by atoms with Crippen molar-refractivity contribution in [1.82, 2.24) is 9.21 Å². The van der Waals surface area contributed by atoms with E-state index in [1.807, 2.05) is 13.8 Å². The van der Waals surface area contributed by atoms with Crippen LogP contribution in [0.5, 0.6) is 5.75 Å². The molecular formula is C19H30N2O4S. The first-order valence-corrected chi connectivity index (χ1v) is 10.8. The van der Waals surface area contributed by atoms with Gasteiger partial charge in [0.2, 0.25) is 10.0 Å². The van der Waals surface area contributed by atoms with Crippen molar-refractivity contribution in [2.75, 3.05) is 39.8 Å². The fourth-order valence-electron chi connectivity index (χ4n) is 3.92. The molecule has 0 saturated carbocycles. The minimum absolute atomic E-state index is 0.216. The van der Waals surface area contributed by atoms with Gasteiger partial charge in [0.25, 0.3) is 0 Å². The molecule has 0 amide bonds. The van der Waals surface area contributed by atoms with Crippen LogP contribution in [0.25, 0.3) is 0 Å². The second kappa shape index (κ2) is 7.46. The van der Waals surface area contributed by atoms with E-state index in [2.05, 4.69) is 4.90 Å². The van der Waals surface area contributed by atoms with Gasteiger partial charge in [-0.25, -0.2) is 8.42 Å². The lowest BCUT2D eigenvalue weighted by Crippen LogP contribution is -2.51. The normalized spacial score (nSPS) is 21.8. The van der Waals surface area contributed by atoms with Gasteiger partial charge in [-0.05, 0) is 75.9 Å². The maximum atomic E-state index is 13.1. The molecule has 2 saturated heterocycles. The minimum atomic E-state index is -3.64. The van der Waals surface area contributed by atoms with E-state index in [1.165, 1.54) is 24.3 Å². The van der Waals surface area contributed by atoms with E-state index in [0.29, 0.717) is 38.2 Å². The highest BCUT2D eigenvalue weighted by atomic mass is 32.2. The number of nitrogens with zero attached hydrogens (tertiary/aromatic N) is 2. The van der Waals surface area contributed by atoms with Gasteiger partial charge in [-0.1, -0.05) is 0 Å². The van der Waals surface area contributed by atoms with Gasteiger partial charge in [0.1, 0.15) is 10.6 Å². The van der Waals surface area contributed by atoms with Crippen LogP contribution in [0.1, 0.15) is 36.8 Å². The molecule has 1 aromatic rings. The lowest BCUT2D eigenvalue weighted by Gasteiger charge is -2.39. The van der Waals surface area contributed by atoms with Crippen molar-refractivity contribution in [1.29, 1.82) is 0 Å². The summed E-state index contributed by atoms with van der Waals surface area (Å²) in [6.45, 7) is 7.22. The van der Waals surface area contributed by atoms with Crippen LogP contribution >= 0.6 is 0 Å². The van der Waals surface area contributed by atoms with Gasteiger partial charge in [0.15, 0.2) is 0 Å². The quantitative estimate of drug-likeness (QED) is 0.843. The molecule has 7 heteroatoms. The van der Waals surface area contributed by atoms with Crippen LogP contribution < -0.4 is 4.74 Å². The Morgan fingerprint density at radius 3 is 2.23 bits per heavy atom. The van der Waals surface area contributed by atoms with E-state index in [-0.39, 0.29) is 4.90 Å². The zero-order valence-electron chi connectivity index (χ0n) is 16.0. The molecule has 26 heavy (non-hydrogen) atoms. The summed E-state index contributed by atoms with van der Waals surface area (Å²) in [6.07, 6.45) is 3.30. The van der Waals surface area contributed by atoms with E-state index in [9.17, 15) is 13.5 Å². The van der Waals surface area contributed by atoms with Crippen molar-refractivity contribution in [3.05, 3.63) is 23.3 Å². The number of aryl methyl sites for hydroxylation is 2. The molecule has 1 aromatic carbocycles. The molecule has 0 spiro atoms. The van der Waals surface area contributed by atoms with Crippen molar-refractivity contribution in [2.45, 2.75) is 50.0 Å². The molecular weight excluding hydrogens is 352 g/mol. The Morgan fingerprint density at radius 2 is 1.65 bits per heavy atom. The molecule has 2 aliphatic heterocycles. The van der Waals surface area contributed by atoms with Crippen molar-refractivity contribution in [3.63, 3.8) is 0 Å². The van der Waals surface area contributed by atoms with E-state index in [0.717, 1.165) is 24.2 Å². The van der Waals surface area contributed by atoms with Crippen LogP contribution in [0, 0.1) is 13.8 Å². The maximum absolute atomic E-state index is 13.1. The van der Waals surface area contributed by atoms with Gasteiger partial charge in [-0.15, -0.1) is 0 Å². The lowest BCUT2D eigenvalue weighted by atomic mass is 9.92. The van der Waals surface area contributed by atoms with E-state index in [1.54, 1.807) is 12.1 Å². The summed E-state index contributed by atoms with van der Waals surface area (Å²) in [6, 6.07) is 3.46. The number of hydrogen-bond donors (Lipinski definition) is 1. The average molecular weight is 383 g/mol. The predicted molar refractivity (Wildman–Crippen MR) is 101 cm³/mol. The van der Waals surface area contributed by atoms with Crippen LogP contribution in [-0.2, 0) is 10.0 Å². The molecule has 0 bridgehead atoms. The molecule has 0 radical (unpaired) electrons. The number of hydrogen-bond acceptors (Lipinski definition) is 5. The minimum Gasteiger partial charge on any atom is -0.495 e. The number of benzene rings is 1. The maximum Gasteiger partial charge on any atom is 0.246 e. The summed E-state index contributed by atoms with van der Waals surface area (Å²) >= 11 is 0. The third kappa shape index (κ3) is 3.91. The fourth-order valence-corrected chi connectivity index (χ4v) is 5.58. The third-order valence-corrected chi connectivity index (χ3v) is 7.69. The highest BCUT2D eigenvalue weighted by Gasteiger charge is 2.39. The fraction of sp³-hybridized carbons (Fsp3) is 0.684. The molecule has 3 rings (SSSR count). The van der Waals surface area contributed by atoms with Crippen LogP contribution in [0.3, 0.4) is 0 Å². The highest BCUT2D eigenvalue weighted by molar-refractivity contribution is 7.89. The second-order valence-electron chi connectivity index (χ2n) is 7.70. The number of ether oxygens (including phenoxy) is 1. The first-order chi connectivity index (χ1) is 12.2. The average Bonchev–Trinajstić information content (AvgIpc) is 3.09. The van der Waals surface area contributed by atoms with Crippen molar-refractivity contribution >= 4 is 10.0 Å². The summed E-state index contributed by atoms with van der Waals surface area (Å²) in [7, 11) is -2.14. The molecule has 0 aromatic heterocycles. The summed E-state index contributed by atoms with van der Waals surface area (Å²) < 4.78 is 33.1.